The summed E-state index contributed by atoms with van der Waals surface area (Å²) in [5.41, 5.74) is 1.27. The van der Waals surface area contributed by atoms with Crippen molar-refractivity contribution in [3.8, 4) is 0 Å². The van der Waals surface area contributed by atoms with E-state index in [1.165, 1.54) is 18.4 Å². The first-order valence-electron chi connectivity index (χ1n) is 5.61. The van der Waals surface area contributed by atoms with Crippen molar-refractivity contribution in [2.75, 3.05) is 13.1 Å². The van der Waals surface area contributed by atoms with Crippen molar-refractivity contribution in [3.63, 3.8) is 0 Å². The largest absolute Gasteiger partial charge is 0.341 e. The summed E-state index contributed by atoms with van der Waals surface area (Å²) in [7, 11) is 0. The molecule has 0 bridgehead atoms. The van der Waals surface area contributed by atoms with Gasteiger partial charge in [0.2, 0.25) is 5.96 Å². The highest BCUT2D eigenvalue weighted by Crippen LogP contribution is 2.11. The second-order valence-electron chi connectivity index (χ2n) is 4.31. The Morgan fingerprint density at radius 2 is 1.93 bits per heavy atom. The van der Waals surface area contributed by atoms with Crippen LogP contribution in [0.15, 0.2) is 21.8 Å². The number of hydrogen-bond acceptors (Lipinski definition) is 1. The number of aliphatic imine (C=N–C) groups is 2. The number of guanidine groups is 1. The molecule has 0 aromatic rings. The van der Waals surface area contributed by atoms with Crippen molar-refractivity contribution in [1.82, 2.24) is 4.90 Å². The molecule has 1 rings (SSSR count). The van der Waals surface area contributed by atoms with Crippen LogP contribution in [-0.2, 0) is 0 Å². The lowest BCUT2D eigenvalue weighted by atomic mass is 10.1. The van der Waals surface area contributed by atoms with Gasteiger partial charge in [-0.15, -0.1) is 0 Å². The van der Waals surface area contributed by atoms with Crippen molar-refractivity contribution in [2.45, 2.75) is 33.6 Å². The molecule has 15 heavy (non-hydrogen) atoms. The molecule has 0 saturated carbocycles. The summed E-state index contributed by atoms with van der Waals surface area (Å²) in [6, 6.07) is 0. The highest BCUT2D eigenvalue weighted by atomic mass is 15.3. The van der Waals surface area contributed by atoms with Gasteiger partial charge in [0.25, 0.3) is 0 Å². The lowest BCUT2D eigenvalue weighted by molar-refractivity contribution is 0.514. The number of hydrogen-bond donors (Lipinski definition) is 0. The fourth-order valence-electron chi connectivity index (χ4n) is 1.45. The molecule has 0 aromatic heterocycles. The quantitative estimate of drug-likeness (QED) is 0.505. The molecule has 0 spiro atoms. The Morgan fingerprint density at radius 1 is 1.33 bits per heavy atom. The average molecular weight is 207 g/mol. The molecule has 0 N–H and O–H groups in total. The highest BCUT2D eigenvalue weighted by Gasteiger charge is 2.14. The molecule has 0 radical (unpaired) electrons. The van der Waals surface area contributed by atoms with E-state index < -0.39 is 0 Å². The van der Waals surface area contributed by atoms with Gasteiger partial charge >= 0.3 is 0 Å². The lowest BCUT2D eigenvalue weighted by Gasteiger charge is -2.15. The molecular weight excluding hydrogens is 186 g/mol. The SMILES string of the molecule is C=N/C(=N\C=C(/C)C(C)C)N1CCCC1. The van der Waals surface area contributed by atoms with E-state index in [0.717, 1.165) is 19.0 Å². The van der Waals surface area contributed by atoms with E-state index in [0.29, 0.717) is 5.92 Å². The molecule has 3 nitrogen and oxygen atoms in total. The third kappa shape index (κ3) is 3.50. The molecule has 0 aromatic carbocycles. The Bertz CT molecular complexity index is 271. The average Bonchev–Trinajstić information content (AvgIpc) is 2.71. The molecule has 84 valence electrons. The minimum Gasteiger partial charge on any atom is -0.341 e. The zero-order chi connectivity index (χ0) is 11.3. The van der Waals surface area contributed by atoms with E-state index in [4.69, 9.17) is 0 Å². The van der Waals surface area contributed by atoms with Crippen LogP contribution in [0.2, 0.25) is 0 Å². The zero-order valence-corrected chi connectivity index (χ0v) is 10.0. The van der Waals surface area contributed by atoms with Gasteiger partial charge < -0.3 is 4.90 Å². The summed E-state index contributed by atoms with van der Waals surface area (Å²) in [5.74, 6) is 1.31. The number of rotatable bonds is 2. The Balaban J connectivity index is 2.68. The number of allylic oxidation sites excluding steroid dienone is 1. The molecule has 1 aliphatic rings. The van der Waals surface area contributed by atoms with Gasteiger partial charge in [-0.25, -0.2) is 9.98 Å². The van der Waals surface area contributed by atoms with Crippen molar-refractivity contribution >= 4 is 12.7 Å². The van der Waals surface area contributed by atoms with Crippen LogP contribution < -0.4 is 0 Å². The first-order chi connectivity index (χ1) is 7.15. The van der Waals surface area contributed by atoms with Crippen LogP contribution in [0.25, 0.3) is 0 Å². The van der Waals surface area contributed by atoms with E-state index >= 15 is 0 Å². The van der Waals surface area contributed by atoms with Crippen LogP contribution in [0.3, 0.4) is 0 Å². The van der Waals surface area contributed by atoms with Gasteiger partial charge in [0.1, 0.15) is 0 Å². The Labute approximate surface area is 92.6 Å². The van der Waals surface area contributed by atoms with Crippen LogP contribution in [0.4, 0.5) is 0 Å². The molecule has 0 amide bonds. The van der Waals surface area contributed by atoms with Crippen LogP contribution in [0.1, 0.15) is 33.6 Å². The third-order valence-electron chi connectivity index (χ3n) is 2.82. The summed E-state index contributed by atoms with van der Waals surface area (Å²) in [4.78, 5) is 10.6. The fraction of sp³-hybridized carbons (Fsp3) is 0.667. The van der Waals surface area contributed by atoms with Gasteiger partial charge in [-0.3, -0.25) is 0 Å². The lowest BCUT2D eigenvalue weighted by Crippen LogP contribution is -2.25. The number of nitrogens with zero attached hydrogens (tertiary/aromatic N) is 3. The second kappa shape index (κ2) is 5.69. The van der Waals surface area contributed by atoms with Gasteiger partial charge in [0.05, 0.1) is 0 Å². The predicted octanol–water partition coefficient (Wildman–Crippen LogP) is 2.70. The van der Waals surface area contributed by atoms with E-state index in [1.54, 1.807) is 0 Å². The van der Waals surface area contributed by atoms with E-state index in [1.807, 2.05) is 6.20 Å². The molecule has 0 aliphatic carbocycles. The summed E-state index contributed by atoms with van der Waals surface area (Å²) >= 11 is 0. The topological polar surface area (TPSA) is 28.0 Å². The molecule has 1 heterocycles. The Kier molecular flexibility index (Phi) is 4.53. The van der Waals surface area contributed by atoms with Crippen molar-refractivity contribution < 1.29 is 0 Å². The highest BCUT2D eigenvalue weighted by molar-refractivity contribution is 5.84. The predicted molar refractivity (Wildman–Crippen MR) is 66.4 cm³/mol. The van der Waals surface area contributed by atoms with Gasteiger partial charge in [-0.2, -0.15) is 0 Å². The number of likely N-dealkylation sites (tertiary alicyclic amines) is 1. The monoisotopic (exact) mass is 207 g/mol. The smallest absolute Gasteiger partial charge is 0.224 e. The van der Waals surface area contributed by atoms with Crippen LogP contribution in [0.5, 0.6) is 0 Å². The molecular formula is C12H21N3. The maximum absolute atomic E-state index is 4.40. The van der Waals surface area contributed by atoms with Crippen molar-refractivity contribution in [3.05, 3.63) is 11.8 Å². The van der Waals surface area contributed by atoms with Gasteiger partial charge in [0, 0.05) is 19.3 Å². The minimum absolute atomic E-state index is 0.540. The second-order valence-corrected chi connectivity index (χ2v) is 4.31. The van der Waals surface area contributed by atoms with Crippen LogP contribution in [0, 0.1) is 5.92 Å². The molecule has 0 atom stereocenters. The van der Waals surface area contributed by atoms with E-state index in [-0.39, 0.29) is 0 Å². The minimum atomic E-state index is 0.540. The molecule has 3 heteroatoms. The molecule has 1 fully saturated rings. The Hall–Kier alpha value is -1.12. The molecule has 0 unspecified atom stereocenters. The van der Waals surface area contributed by atoms with Crippen LogP contribution >= 0.6 is 0 Å². The zero-order valence-electron chi connectivity index (χ0n) is 10.0. The van der Waals surface area contributed by atoms with E-state index in [9.17, 15) is 0 Å². The summed E-state index contributed by atoms with van der Waals surface area (Å²) in [6.45, 7) is 12.1. The van der Waals surface area contributed by atoms with E-state index in [2.05, 4.69) is 42.4 Å². The summed E-state index contributed by atoms with van der Waals surface area (Å²) in [5, 5.41) is 0. The third-order valence-corrected chi connectivity index (χ3v) is 2.82. The normalized spacial score (nSPS) is 18.8. The Morgan fingerprint density at radius 3 is 2.40 bits per heavy atom. The fourth-order valence-corrected chi connectivity index (χ4v) is 1.45. The first kappa shape index (κ1) is 12.0. The van der Waals surface area contributed by atoms with Crippen LogP contribution in [-0.4, -0.2) is 30.7 Å². The first-order valence-corrected chi connectivity index (χ1v) is 5.61. The van der Waals surface area contributed by atoms with Gasteiger partial charge in [-0.1, -0.05) is 19.4 Å². The van der Waals surface area contributed by atoms with Crippen molar-refractivity contribution in [2.24, 2.45) is 15.9 Å². The maximum Gasteiger partial charge on any atom is 0.224 e. The molecule has 1 aliphatic heterocycles. The summed E-state index contributed by atoms with van der Waals surface area (Å²) < 4.78 is 0. The van der Waals surface area contributed by atoms with Crippen molar-refractivity contribution in [1.29, 1.82) is 0 Å². The summed E-state index contributed by atoms with van der Waals surface area (Å²) in [6.07, 6.45) is 4.38. The van der Waals surface area contributed by atoms with Gasteiger partial charge in [0.15, 0.2) is 0 Å². The molecule has 1 saturated heterocycles. The standard InChI is InChI=1S/C12H21N3/c1-10(2)11(3)9-14-12(13-4)15-7-5-6-8-15/h9-10H,4-8H2,1-3H3/b11-9+,14-12+. The maximum atomic E-state index is 4.40. The van der Waals surface area contributed by atoms with Gasteiger partial charge in [-0.05, 0) is 32.4 Å².